The summed E-state index contributed by atoms with van der Waals surface area (Å²) < 4.78 is 31.4. The summed E-state index contributed by atoms with van der Waals surface area (Å²) in [6, 6.07) is 14.7. The molecule has 0 bridgehead atoms. The maximum absolute atomic E-state index is 14.2. The van der Waals surface area contributed by atoms with Crippen molar-refractivity contribution in [2.75, 3.05) is 20.3 Å². The Kier molecular flexibility index (Phi) is 5.05. The molecular weight excluding hydrogens is 345 g/mol. The zero-order chi connectivity index (χ0) is 18.7. The van der Waals surface area contributed by atoms with Crippen LogP contribution in [0.25, 0.3) is 10.9 Å². The van der Waals surface area contributed by atoms with E-state index in [2.05, 4.69) is 4.98 Å². The lowest BCUT2D eigenvalue weighted by atomic mass is 9.86. The van der Waals surface area contributed by atoms with Gasteiger partial charge in [-0.3, -0.25) is 4.98 Å². The lowest BCUT2D eigenvalue weighted by molar-refractivity contribution is -0.0950. The summed E-state index contributed by atoms with van der Waals surface area (Å²) in [6.07, 6.45) is 3.17. The number of benzene rings is 2. The molecule has 0 N–H and O–H groups in total. The SMILES string of the molecule is COC1(c2cc(F)cc(OCc3ccc4ncccc4c3)c2)CCOCC1. The fourth-order valence-electron chi connectivity index (χ4n) is 3.60. The lowest BCUT2D eigenvalue weighted by Gasteiger charge is -2.36. The minimum atomic E-state index is -0.521. The van der Waals surface area contributed by atoms with Gasteiger partial charge in [-0.05, 0) is 41.5 Å². The normalized spacial score (nSPS) is 16.4. The van der Waals surface area contributed by atoms with Gasteiger partial charge in [-0.2, -0.15) is 0 Å². The molecule has 5 heteroatoms. The highest BCUT2D eigenvalue weighted by Crippen LogP contribution is 2.37. The fraction of sp³-hybridized carbons (Fsp3) is 0.318. The monoisotopic (exact) mass is 367 g/mol. The van der Waals surface area contributed by atoms with Crippen molar-refractivity contribution in [3.8, 4) is 5.75 Å². The van der Waals surface area contributed by atoms with Crippen molar-refractivity contribution in [1.82, 2.24) is 4.98 Å². The Bertz CT molecular complexity index is 938. The Morgan fingerprint density at radius 3 is 2.78 bits per heavy atom. The Labute approximate surface area is 157 Å². The second kappa shape index (κ2) is 7.62. The Balaban J connectivity index is 1.55. The fourth-order valence-corrected chi connectivity index (χ4v) is 3.60. The van der Waals surface area contributed by atoms with E-state index in [0.29, 0.717) is 38.4 Å². The summed E-state index contributed by atoms with van der Waals surface area (Å²) >= 11 is 0. The van der Waals surface area contributed by atoms with Crippen LogP contribution in [-0.4, -0.2) is 25.3 Å². The van der Waals surface area contributed by atoms with Crippen LogP contribution in [0.1, 0.15) is 24.0 Å². The largest absolute Gasteiger partial charge is 0.489 e. The number of fused-ring (bicyclic) bond motifs is 1. The van der Waals surface area contributed by atoms with Crippen LogP contribution in [0.2, 0.25) is 0 Å². The van der Waals surface area contributed by atoms with Crippen LogP contribution in [0.3, 0.4) is 0 Å². The molecule has 1 aliphatic rings. The van der Waals surface area contributed by atoms with Crippen LogP contribution in [0.5, 0.6) is 5.75 Å². The predicted octanol–water partition coefficient (Wildman–Crippen LogP) is 4.61. The second-order valence-corrected chi connectivity index (χ2v) is 6.81. The lowest BCUT2D eigenvalue weighted by Crippen LogP contribution is -2.35. The zero-order valence-corrected chi connectivity index (χ0v) is 15.3. The molecule has 4 nitrogen and oxygen atoms in total. The summed E-state index contributed by atoms with van der Waals surface area (Å²) in [6.45, 7) is 1.56. The van der Waals surface area contributed by atoms with Crippen LogP contribution in [0.15, 0.2) is 54.7 Å². The van der Waals surface area contributed by atoms with Gasteiger partial charge in [0.2, 0.25) is 0 Å². The van der Waals surface area contributed by atoms with Crippen LogP contribution in [-0.2, 0) is 21.7 Å². The number of hydrogen-bond donors (Lipinski definition) is 0. The molecule has 0 spiro atoms. The van der Waals surface area contributed by atoms with E-state index in [1.807, 2.05) is 36.4 Å². The van der Waals surface area contributed by atoms with E-state index in [9.17, 15) is 4.39 Å². The first-order valence-corrected chi connectivity index (χ1v) is 9.09. The number of hydrogen-bond acceptors (Lipinski definition) is 4. The maximum atomic E-state index is 14.2. The third kappa shape index (κ3) is 3.80. The van der Waals surface area contributed by atoms with Gasteiger partial charge >= 0.3 is 0 Å². The number of nitrogens with zero attached hydrogens (tertiary/aromatic N) is 1. The first kappa shape index (κ1) is 17.9. The van der Waals surface area contributed by atoms with E-state index in [4.69, 9.17) is 14.2 Å². The number of pyridine rings is 1. The average Bonchev–Trinajstić information content (AvgIpc) is 2.72. The minimum Gasteiger partial charge on any atom is -0.489 e. The van der Waals surface area contributed by atoms with E-state index < -0.39 is 5.60 Å². The Morgan fingerprint density at radius 2 is 1.96 bits per heavy atom. The molecule has 1 fully saturated rings. The second-order valence-electron chi connectivity index (χ2n) is 6.81. The zero-order valence-electron chi connectivity index (χ0n) is 15.3. The third-order valence-corrected chi connectivity index (χ3v) is 5.16. The first-order valence-electron chi connectivity index (χ1n) is 9.09. The summed E-state index contributed by atoms with van der Waals surface area (Å²) in [5, 5.41) is 1.05. The van der Waals surface area contributed by atoms with Crippen LogP contribution >= 0.6 is 0 Å². The van der Waals surface area contributed by atoms with Gasteiger partial charge in [0.1, 0.15) is 18.2 Å². The van der Waals surface area contributed by atoms with Crippen molar-refractivity contribution < 1.29 is 18.6 Å². The summed E-state index contributed by atoms with van der Waals surface area (Å²) in [7, 11) is 1.67. The van der Waals surface area contributed by atoms with E-state index >= 15 is 0 Å². The van der Waals surface area contributed by atoms with Gasteiger partial charge in [-0.1, -0.05) is 12.1 Å². The molecule has 2 aromatic carbocycles. The Morgan fingerprint density at radius 1 is 1.11 bits per heavy atom. The topological polar surface area (TPSA) is 40.6 Å². The van der Waals surface area contributed by atoms with Crippen LogP contribution in [0.4, 0.5) is 4.39 Å². The van der Waals surface area contributed by atoms with Crippen molar-refractivity contribution in [1.29, 1.82) is 0 Å². The van der Waals surface area contributed by atoms with E-state index in [1.54, 1.807) is 13.3 Å². The summed E-state index contributed by atoms with van der Waals surface area (Å²) in [5.41, 5.74) is 2.23. The van der Waals surface area contributed by atoms with Gasteiger partial charge < -0.3 is 14.2 Å². The highest BCUT2D eigenvalue weighted by atomic mass is 19.1. The number of methoxy groups -OCH3 is 1. The molecule has 0 amide bonds. The standard InChI is InChI=1S/C22H22FNO3/c1-25-22(6-9-26-10-7-22)18-12-19(23)14-20(13-18)27-15-16-4-5-21-17(11-16)3-2-8-24-21/h2-5,8,11-14H,6-7,9-10,15H2,1H3. The maximum Gasteiger partial charge on any atom is 0.127 e. The number of ether oxygens (including phenoxy) is 3. The first-order chi connectivity index (χ1) is 13.2. The number of aromatic nitrogens is 1. The molecule has 0 saturated carbocycles. The minimum absolute atomic E-state index is 0.326. The highest BCUT2D eigenvalue weighted by molar-refractivity contribution is 5.78. The number of halogens is 1. The van der Waals surface area contributed by atoms with Crippen molar-refractivity contribution in [3.63, 3.8) is 0 Å². The van der Waals surface area contributed by atoms with Crippen LogP contribution in [0, 0.1) is 5.82 Å². The molecule has 1 saturated heterocycles. The molecule has 0 aliphatic carbocycles. The molecule has 0 unspecified atom stereocenters. The summed E-state index contributed by atoms with van der Waals surface area (Å²) in [4.78, 5) is 4.32. The van der Waals surface area contributed by atoms with Gasteiger partial charge in [0.05, 0.1) is 11.1 Å². The molecule has 1 aromatic heterocycles. The smallest absolute Gasteiger partial charge is 0.127 e. The quantitative estimate of drug-likeness (QED) is 0.661. The molecule has 0 atom stereocenters. The highest BCUT2D eigenvalue weighted by Gasteiger charge is 2.35. The van der Waals surface area contributed by atoms with Crippen molar-refractivity contribution in [3.05, 3.63) is 71.7 Å². The van der Waals surface area contributed by atoms with Gasteiger partial charge in [0.25, 0.3) is 0 Å². The molecule has 140 valence electrons. The van der Waals surface area contributed by atoms with E-state index in [1.165, 1.54) is 12.1 Å². The molecule has 2 heterocycles. The average molecular weight is 367 g/mol. The van der Waals surface area contributed by atoms with E-state index in [-0.39, 0.29) is 5.82 Å². The van der Waals surface area contributed by atoms with Crippen molar-refractivity contribution in [2.24, 2.45) is 0 Å². The third-order valence-electron chi connectivity index (χ3n) is 5.16. The summed E-state index contributed by atoms with van der Waals surface area (Å²) in [5.74, 6) is 0.173. The molecule has 1 aliphatic heterocycles. The van der Waals surface area contributed by atoms with E-state index in [0.717, 1.165) is 22.0 Å². The predicted molar refractivity (Wildman–Crippen MR) is 101 cm³/mol. The van der Waals surface area contributed by atoms with Crippen LogP contribution < -0.4 is 4.74 Å². The van der Waals surface area contributed by atoms with Gasteiger partial charge in [-0.25, -0.2) is 4.39 Å². The molecule has 0 radical (unpaired) electrons. The van der Waals surface area contributed by atoms with Gasteiger partial charge in [0, 0.05) is 50.8 Å². The molecular formula is C22H22FNO3. The molecule has 27 heavy (non-hydrogen) atoms. The Hall–Kier alpha value is -2.50. The van der Waals surface area contributed by atoms with Crippen molar-refractivity contribution >= 4 is 10.9 Å². The van der Waals surface area contributed by atoms with Gasteiger partial charge in [0.15, 0.2) is 0 Å². The molecule has 3 aromatic rings. The van der Waals surface area contributed by atoms with Gasteiger partial charge in [-0.15, -0.1) is 0 Å². The number of rotatable bonds is 5. The van der Waals surface area contributed by atoms with Crippen molar-refractivity contribution in [2.45, 2.75) is 25.0 Å². The molecule has 4 rings (SSSR count).